The molecule has 0 spiro atoms. The van der Waals surface area contributed by atoms with E-state index in [-0.39, 0.29) is 5.75 Å². The van der Waals surface area contributed by atoms with E-state index in [9.17, 15) is 15.0 Å². The summed E-state index contributed by atoms with van der Waals surface area (Å²) in [5.41, 5.74) is 1.92. The van der Waals surface area contributed by atoms with E-state index in [4.69, 9.17) is 0 Å². The first-order valence-corrected chi connectivity index (χ1v) is 7.61. The fourth-order valence-corrected chi connectivity index (χ4v) is 2.53. The lowest BCUT2D eigenvalue weighted by Crippen LogP contribution is -2.19. The van der Waals surface area contributed by atoms with Gasteiger partial charge in [-0.05, 0) is 48.2 Å². The molecule has 0 saturated carbocycles. The first kappa shape index (κ1) is 15.8. The molecule has 0 bridgehead atoms. The van der Waals surface area contributed by atoms with Gasteiger partial charge in [-0.25, -0.2) is 4.79 Å². The van der Waals surface area contributed by atoms with Crippen molar-refractivity contribution in [3.8, 4) is 5.75 Å². The molecular formula is C19H18N2O3. The zero-order valence-corrected chi connectivity index (χ0v) is 13.2. The topological polar surface area (TPSA) is 81.6 Å². The molecule has 1 unspecified atom stereocenters. The number of fused-ring (bicyclic) bond motifs is 1. The van der Waals surface area contributed by atoms with Crippen molar-refractivity contribution in [2.75, 3.05) is 10.6 Å². The van der Waals surface area contributed by atoms with E-state index in [1.165, 1.54) is 0 Å². The van der Waals surface area contributed by atoms with Gasteiger partial charge < -0.3 is 20.8 Å². The van der Waals surface area contributed by atoms with Gasteiger partial charge in [0.15, 0.2) is 0 Å². The van der Waals surface area contributed by atoms with Gasteiger partial charge in [0, 0.05) is 11.1 Å². The number of phenols is 1. The van der Waals surface area contributed by atoms with Crippen LogP contribution in [0, 0.1) is 0 Å². The average Bonchev–Trinajstić information content (AvgIpc) is 2.55. The van der Waals surface area contributed by atoms with E-state index < -0.39 is 12.1 Å². The molecule has 0 aliphatic rings. The van der Waals surface area contributed by atoms with Crippen molar-refractivity contribution in [3.63, 3.8) is 0 Å². The Labute approximate surface area is 139 Å². The zero-order valence-electron chi connectivity index (χ0n) is 13.2. The summed E-state index contributed by atoms with van der Waals surface area (Å²) < 4.78 is 0. The number of nitrogens with one attached hydrogen (secondary N) is 2. The second-order valence-electron chi connectivity index (χ2n) is 5.59. The SMILES string of the molecule is CC(O)c1cccc(NC(=O)Nc2cccc3ccc(O)cc23)c1. The maximum absolute atomic E-state index is 12.2. The molecule has 0 saturated heterocycles. The second kappa shape index (κ2) is 6.60. The van der Waals surface area contributed by atoms with Gasteiger partial charge in [-0.1, -0.05) is 30.3 Å². The highest BCUT2D eigenvalue weighted by molar-refractivity contribution is 6.06. The molecule has 0 radical (unpaired) electrons. The molecular weight excluding hydrogens is 304 g/mol. The van der Waals surface area contributed by atoms with Crippen LogP contribution in [0.3, 0.4) is 0 Å². The van der Waals surface area contributed by atoms with E-state index in [0.29, 0.717) is 11.4 Å². The van der Waals surface area contributed by atoms with Crippen LogP contribution < -0.4 is 10.6 Å². The van der Waals surface area contributed by atoms with E-state index >= 15 is 0 Å². The van der Waals surface area contributed by atoms with Gasteiger partial charge >= 0.3 is 6.03 Å². The minimum absolute atomic E-state index is 0.141. The van der Waals surface area contributed by atoms with Crippen molar-refractivity contribution in [2.45, 2.75) is 13.0 Å². The molecule has 24 heavy (non-hydrogen) atoms. The highest BCUT2D eigenvalue weighted by Crippen LogP contribution is 2.27. The van der Waals surface area contributed by atoms with Gasteiger partial charge in [-0.15, -0.1) is 0 Å². The second-order valence-corrected chi connectivity index (χ2v) is 5.59. The lowest BCUT2D eigenvalue weighted by Gasteiger charge is -2.12. The molecule has 0 aliphatic heterocycles. The number of anilines is 2. The van der Waals surface area contributed by atoms with Crippen molar-refractivity contribution in [3.05, 3.63) is 66.2 Å². The molecule has 2 amide bonds. The molecule has 1 atom stereocenters. The Balaban J connectivity index is 1.80. The van der Waals surface area contributed by atoms with E-state index in [1.54, 1.807) is 55.5 Å². The highest BCUT2D eigenvalue weighted by Gasteiger charge is 2.08. The average molecular weight is 322 g/mol. The molecule has 0 fully saturated rings. The van der Waals surface area contributed by atoms with Gasteiger partial charge in [0.1, 0.15) is 5.75 Å². The number of urea groups is 1. The monoisotopic (exact) mass is 322 g/mol. The van der Waals surface area contributed by atoms with Crippen LogP contribution in [0.2, 0.25) is 0 Å². The van der Waals surface area contributed by atoms with Crippen LogP contribution in [0.5, 0.6) is 5.75 Å². The minimum Gasteiger partial charge on any atom is -0.508 e. The Bertz CT molecular complexity index is 891. The lowest BCUT2D eigenvalue weighted by atomic mass is 10.1. The summed E-state index contributed by atoms with van der Waals surface area (Å²) in [6, 6.07) is 17.2. The predicted molar refractivity (Wildman–Crippen MR) is 95.3 cm³/mol. The largest absolute Gasteiger partial charge is 0.508 e. The number of carbonyl (C=O) groups excluding carboxylic acids is 1. The number of amides is 2. The van der Waals surface area contributed by atoms with Gasteiger partial charge in [-0.3, -0.25) is 0 Å². The van der Waals surface area contributed by atoms with Crippen LogP contribution in [-0.4, -0.2) is 16.2 Å². The Hall–Kier alpha value is -3.05. The maximum Gasteiger partial charge on any atom is 0.323 e. The summed E-state index contributed by atoms with van der Waals surface area (Å²) in [6.07, 6.45) is -0.601. The van der Waals surface area contributed by atoms with E-state index in [0.717, 1.165) is 16.3 Å². The number of rotatable bonds is 3. The summed E-state index contributed by atoms with van der Waals surface area (Å²) in [6.45, 7) is 1.67. The van der Waals surface area contributed by atoms with Gasteiger partial charge in [0.05, 0.1) is 11.8 Å². The van der Waals surface area contributed by atoms with Crippen LogP contribution in [0.25, 0.3) is 10.8 Å². The Morgan fingerprint density at radius 3 is 2.58 bits per heavy atom. The molecule has 0 aliphatic carbocycles. The summed E-state index contributed by atoms with van der Waals surface area (Å²) in [5, 5.41) is 26.5. The smallest absolute Gasteiger partial charge is 0.323 e. The van der Waals surface area contributed by atoms with E-state index in [1.807, 2.05) is 12.1 Å². The summed E-state index contributed by atoms with van der Waals surface area (Å²) >= 11 is 0. The Morgan fingerprint density at radius 2 is 1.79 bits per heavy atom. The zero-order chi connectivity index (χ0) is 17.1. The van der Waals surface area contributed by atoms with Crippen molar-refractivity contribution < 1.29 is 15.0 Å². The summed E-state index contributed by atoms with van der Waals surface area (Å²) in [7, 11) is 0. The standard InChI is InChI=1S/C19H18N2O3/c1-12(22)14-5-2-6-15(10-14)20-19(24)21-18-7-3-4-13-8-9-16(23)11-17(13)18/h2-12,22-23H,1H3,(H2,20,21,24). The number of aliphatic hydroxyl groups excluding tert-OH is 1. The molecule has 0 aromatic heterocycles. The Kier molecular flexibility index (Phi) is 4.35. The molecule has 3 aromatic rings. The molecule has 3 rings (SSSR count). The summed E-state index contributed by atoms with van der Waals surface area (Å²) in [4.78, 5) is 12.2. The minimum atomic E-state index is -0.601. The first-order valence-electron chi connectivity index (χ1n) is 7.61. The van der Waals surface area contributed by atoms with Crippen LogP contribution in [-0.2, 0) is 0 Å². The number of aliphatic hydroxyl groups is 1. The van der Waals surface area contributed by atoms with Crippen molar-refractivity contribution in [1.29, 1.82) is 0 Å². The third-order valence-corrected chi connectivity index (χ3v) is 3.74. The number of phenolic OH excluding ortho intramolecular Hbond substituents is 1. The third-order valence-electron chi connectivity index (χ3n) is 3.74. The van der Waals surface area contributed by atoms with Crippen LogP contribution >= 0.6 is 0 Å². The van der Waals surface area contributed by atoms with Gasteiger partial charge in [0.25, 0.3) is 0 Å². The number of hydrogen-bond acceptors (Lipinski definition) is 3. The molecule has 5 heteroatoms. The quantitative estimate of drug-likeness (QED) is 0.582. The first-order chi connectivity index (χ1) is 11.5. The number of benzene rings is 3. The molecule has 4 N–H and O–H groups in total. The fourth-order valence-electron chi connectivity index (χ4n) is 2.53. The number of aromatic hydroxyl groups is 1. The lowest BCUT2D eigenvalue weighted by molar-refractivity contribution is 0.199. The number of carbonyl (C=O) groups is 1. The van der Waals surface area contributed by atoms with Crippen LogP contribution in [0.1, 0.15) is 18.6 Å². The molecule has 122 valence electrons. The van der Waals surface area contributed by atoms with Crippen molar-refractivity contribution >= 4 is 28.2 Å². The molecule has 3 aromatic carbocycles. The van der Waals surface area contributed by atoms with Crippen molar-refractivity contribution in [2.24, 2.45) is 0 Å². The van der Waals surface area contributed by atoms with Gasteiger partial charge in [-0.2, -0.15) is 0 Å². The number of hydrogen-bond donors (Lipinski definition) is 4. The van der Waals surface area contributed by atoms with Gasteiger partial charge in [0.2, 0.25) is 0 Å². The Morgan fingerprint density at radius 1 is 1.00 bits per heavy atom. The van der Waals surface area contributed by atoms with Crippen LogP contribution in [0.4, 0.5) is 16.2 Å². The predicted octanol–water partition coefficient (Wildman–Crippen LogP) is 4.24. The third kappa shape index (κ3) is 3.47. The highest BCUT2D eigenvalue weighted by atomic mass is 16.3. The molecule has 5 nitrogen and oxygen atoms in total. The fraction of sp³-hybridized carbons (Fsp3) is 0.105. The maximum atomic E-state index is 12.2. The molecule has 0 heterocycles. The normalized spacial score (nSPS) is 11.9. The summed E-state index contributed by atoms with van der Waals surface area (Å²) in [5.74, 6) is 0.141. The van der Waals surface area contributed by atoms with Crippen LogP contribution in [0.15, 0.2) is 60.7 Å². The van der Waals surface area contributed by atoms with E-state index in [2.05, 4.69) is 10.6 Å². The van der Waals surface area contributed by atoms with Crippen molar-refractivity contribution in [1.82, 2.24) is 0 Å².